The molecule has 0 fully saturated rings. The topological polar surface area (TPSA) is 96.8 Å². The van der Waals surface area contributed by atoms with Crippen LogP contribution in [-0.2, 0) is 0 Å². The molecule has 0 bridgehead atoms. The summed E-state index contributed by atoms with van der Waals surface area (Å²) in [5.41, 5.74) is 0. The molecule has 0 aliphatic carbocycles. The number of aliphatic hydroxyl groups excluding tert-OH is 3. The Bertz CT molecular complexity index is 101. The number of hydrogen-bond donors (Lipinski definition) is 6. The van der Waals surface area contributed by atoms with E-state index in [9.17, 15) is 0 Å². The summed E-state index contributed by atoms with van der Waals surface area (Å²) >= 11 is 0. The molecule has 0 amide bonds. The Morgan fingerprint density at radius 3 is 1.06 bits per heavy atom. The van der Waals surface area contributed by atoms with Crippen LogP contribution in [0.1, 0.15) is 0 Å². The lowest BCUT2D eigenvalue weighted by Crippen LogP contribution is -2.59. The van der Waals surface area contributed by atoms with E-state index in [2.05, 4.69) is 15.7 Å². The highest BCUT2D eigenvalue weighted by Crippen LogP contribution is 1.67. The molecule has 0 aromatic rings. The van der Waals surface area contributed by atoms with Crippen molar-refractivity contribution in [2.75, 3.05) is 39.5 Å². The van der Waals surface area contributed by atoms with E-state index in [-0.39, 0.29) is 41.1 Å². The molecule has 0 rings (SSSR count). The van der Waals surface area contributed by atoms with Gasteiger partial charge in [-0.05, 0) is 0 Å². The Kier molecular flexibility index (Phi) is 31.0. The Hall–Kier alpha value is -0.385. The molecule has 0 aliphatic rings. The fourth-order valence-corrected chi connectivity index (χ4v) is 0.843. The van der Waals surface area contributed by atoms with E-state index in [1.807, 2.05) is 0 Å². The van der Waals surface area contributed by atoms with Crippen LogP contribution in [0.4, 0.5) is 14.1 Å². The normalized spacial score (nSPS) is 8.44. The summed E-state index contributed by atoms with van der Waals surface area (Å²) in [5.74, 6) is 0. The van der Waals surface area contributed by atoms with Crippen LogP contribution in [0.15, 0.2) is 0 Å². The second-order valence-corrected chi connectivity index (χ2v) is 2.47. The van der Waals surface area contributed by atoms with Gasteiger partial charge in [-0.2, -0.15) is 0 Å². The average molecular weight is 251 g/mol. The first-order valence-electron chi connectivity index (χ1n) is 4.38. The molecule has 0 atom stereocenters. The third-order valence-electron chi connectivity index (χ3n) is 1.38. The van der Waals surface area contributed by atoms with Crippen LogP contribution in [0.5, 0.6) is 0 Å². The van der Waals surface area contributed by atoms with Crippen molar-refractivity contribution < 1.29 is 29.4 Å². The van der Waals surface area contributed by atoms with Crippen molar-refractivity contribution in [3.63, 3.8) is 0 Å². The number of nitrogens with one attached hydrogen (secondary N) is 3. The maximum Gasteiger partial charge on any atom is 0.395 e. The lowest BCUT2D eigenvalue weighted by molar-refractivity contribution is 0.292. The van der Waals surface area contributed by atoms with Crippen LogP contribution in [0, 0.1) is 0 Å². The fourth-order valence-electron chi connectivity index (χ4n) is 0.843. The van der Waals surface area contributed by atoms with Gasteiger partial charge in [0.05, 0.1) is 19.8 Å². The van der Waals surface area contributed by atoms with E-state index in [1.165, 1.54) is 0 Å². The molecule has 0 radical (unpaired) electrons. The largest absolute Gasteiger partial charge is 0.395 e. The van der Waals surface area contributed by atoms with E-state index in [4.69, 9.17) is 15.3 Å². The number of halogens is 3. The third kappa shape index (κ3) is 16.1. The van der Waals surface area contributed by atoms with Gasteiger partial charge >= 0.3 is 7.12 Å². The van der Waals surface area contributed by atoms with Gasteiger partial charge in [0.15, 0.2) is 0 Å². The zero-order valence-electron chi connectivity index (χ0n) is 8.89. The van der Waals surface area contributed by atoms with Crippen molar-refractivity contribution >= 4 is 7.12 Å². The van der Waals surface area contributed by atoms with Crippen molar-refractivity contribution in [2.45, 2.75) is 0 Å². The molecule has 0 saturated carbocycles. The first kappa shape index (κ1) is 24.7. The average Bonchev–Trinajstić information content (AvgIpc) is 2.17. The lowest BCUT2D eigenvalue weighted by Gasteiger charge is -2.15. The zero-order chi connectivity index (χ0) is 9.94. The molecule has 0 heterocycles. The molecule has 0 saturated heterocycles. The molecule has 0 aliphatic heterocycles. The summed E-state index contributed by atoms with van der Waals surface area (Å²) in [6.45, 7) is 1.54. The molecule has 0 aromatic heterocycles. The van der Waals surface area contributed by atoms with Gasteiger partial charge in [-0.1, -0.05) is 0 Å². The smallest absolute Gasteiger partial charge is 0.395 e. The summed E-state index contributed by atoms with van der Waals surface area (Å²) in [6, 6.07) is 0. The number of rotatable bonds is 9. The van der Waals surface area contributed by atoms with Gasteiger partial charge in [-0.15, -0.1) is 0 Å². The summed E-state index contributed by atoms with van der Waals surface area (Å²) in [5, 5.41) is 34.5. The standard InChI is InChI=1S/C6H18BN3O3.3FH/c11-4-1-8-7(9-2-5-12)10-3-6-13;;;/h8-13H,1-6H2;3*1H. The SMILES string of the molecule is F.F.F.OCCNB(NCCO)NCCO. The highest BCUT2D eigenvalue weighted by Gasteiger charge is 2.11. The molecular formula is C6H21BF3N3O3. The van der Waals surface area contributed by atoms with E-state index >= 15 is 0 Å². The molecule has 0 spiro atoms. The summed E-state index contributed by atoms with van der Waals surface area (Å²) < 4.78 is 0. The Morgan fingerprint density at radius 2 is 0.875 bits per heavy atom. The minimum absolute atomic E-state index is 0. The Labute approximate surface area is 92.7 Å². The van der Waals surface area contributed by atoms with Crippen LogP contribution in [0.3, 0.4) is 0 Å². The van der Waals surface area contributed by atoms with Gasteiger partial charge in [0.1, 0.15) is 0 Å². The summed E-state index contributed by atoms with van der Waals surface area (Å²) in [4.78, 5) is 0. The Balaban J connectivity index is -0.000000240. The van der Waals surface area contributed by atoms with Gasteiger partial charge < -0.3 is 31.0 Å². The molecule has 16 heavy (non-hydrogen) atoms. The maximum atomic E-state index is 8.55. The van der Waals surface area contributed by atoms with Crippen molar-refractivity contribution in [2.24, 2.45) is 0 Å². The summed E-state index contributed by atoms with van der Waals surface area (Å²) in [7, 11) is -0.188. The van der Waals surface area contributed by atoms with E-state index in [0.29, 0.717) is 19.6 Å². The van der Waals surface area contributed by atoms with Crippen molar-refractivity contribution in [3.05, 3.63) is 0 Å². The van der Waals surface area contributed by atoms with Gasteiger partial charge in [-0.3, -0.25) is 14.1 Å². The number of hydrogen-bond acceptors (Lipinski definition) is 6. The van der Waals surface area contributed by atoms with Crippen LogP contribution in [0.2, 0.25) is 0 Å². The highest BCUT2D eigenvalue weighted by atomic mass is 19.0. The van der Waals surface area contributed by atoms with E-state index < -0.39 is 0 Å². The van der Waals surface area contributed by atoms with E-state index in [1.54, 1.807) is 0 Å². The van der Waals surface area contributed by atoms with Crippen LogP contribution in [0.25, 0.3) is 0 Å². The van der Waals surface area contributed by atoms with Crippen LogP contribution >= 0.6 is 0 Å². The zero-order valence-corrected chi connectivity index (χ0v) is 8.89. The Morgan fingerprint density at radius 1 is 0.625 bits per heavy atom. The second-order valence-electron chi connectivity index (χ2n) is 2.47. The van der Waals surface area contributed by atoms with Crippen LogP contribution in [-0.4, -0.2) is 61.9 Å². The van der Waals surface area contributed by atoms with Gasteiger partial charge in [0.2, 0.25) is 0 Å². The van der Waals surface area contributed by atoms with Gasteiger partial charge in [0, 0.05) is 19.6 Å². The maximum absolute atomic E-state index is 8.55. The molecule has 0 aromatic carbocycles. The third-order valence-corrected chi connectivity index (χ3v) is 1.38. The first-order chi connectivity index (χ1) is 6.35. The minimum Gasteiger partial charge on any atom is -0.395 e. The van der Waals surface area contributed by atoms with Crippen molar-refractivity contribution in [3.8, 4) is 0 Å². The molecule has 6 N–H and O–H groups in total. The van der Waals surface area contributed by atoms with Crippen molar-refractivity contribution in [1.29, 1.82) is 0 Å². The van der Waals surface area contributed by atoms with Crippen LogP contribution < -0.4 is 15.7 Å². The molecule has 102 valence electrons. The molecule has 10 heteroatoms. The molecule has 6 nitrogen and oxygen atoms in total. The predicted molar refractivity (Wildman–Crippen MR) is 58.5 cm³/mol. The van der Waals surface area contributed by atoms with Crippen molar-refractivity contribution in [1.82, 2.24) is 15.7 Å². The molecular weight excluding hydrogens is 230 g/mol. The van der Waals surface area contributed by atoms with E-state index in [0.717, 1.165) is 0 Å². The number of aliphatic hydroxyl groups is 3. The van der Waals surface area contributed by atoms with Gasteiger partial charge in [-0.25, -0.2) is 0 Å². The highest BCUT2D eigenvalue weighted by molar-refractivity contribution is 6.50. The quantitative estimate of drug-likeness (QED) is 0.247. The monoisotopic (exact) mass is 251 g/mol. The predicted octanol–water partition coefficient (Wildman–Crippen LogP) is -2.83. The minimum atomic E-state index is -0.188. The van der Waals surface area contributed by atoms with Gasteiger partial charge in [0.25, 0.3) is 0 Å². The summed E-state index contributed by atoms with van der Waals surface area (Å²) in [6.07, 6.45) is 0. The fraction of sp³-hybridized carbons (Fsp3) is 1.00. The lowest BCUT2D eigenvalue weighted by atomic mass is 9.94. The molecule has 0 unspecified atom stereocenters. The first-order valence-corrected chi connectivity index (χ1v) is 4.38. The second kappa shape index (κ2) is 20.1.